The second kappa shape index (κ2) is 4.66. The van der Waals surface area contributed by atoms with E-state index in [2.05, 4.69) is 37.4 Å². The number of amides is 3. The van der Waals surface area contributed by atoms with E-state index in [0.29, 0.717) is 12.3 Å². The highest BCUT2D eigenvalue weighted by atomic mass is 16.2. The van der Waals surface area contributed by atoms with Crippen LogP contribution in [0.3, 0.4) is 0 Å². The number of imide groups is 1. The minimum Gasteiger partial charge on any atom is -0.299 e. The van der Waals surface area contributed by atoms with Crippen molar-refractivity contribution in [2.45, 2.75) is 56.9 Å². The Balaban J connectivity index is 1.79. The molecule has 23 heavy (non-hydrogen) atoms. The molecule has 1 spiro atoms. The summed E-state index contributed by atoms with van der Waals surface area (Å²) in [5.41, 5.74) is 2.67. The van der Waals surface area contributed by atoms with Gasteiger partial charge in [0.1, 0.15) is 6.04 Å². The zero-order chi connectivity index (χ0) is 16.4. The summed E-state index contributed by atoms with van der Waals surface area (Å²) in [6, 6.07) is 5.63. The van der Waals surface area contributed by atoms with Crippen molar-refractivity contribution in [2.75, 3.05) is 4.90 Å². The third-order valence-electron chi connectivity index (χ3n) is 5.36. The summed E-state index contributed by atoms with van der Waals surface area (Å²) in [5, 5.41) is 2.37. The predicted molar refractivity (Wildman–Crippen MR) is 85.1 cm³/mol. The van der Waals surface area contributed by atoms with Crippen molar-refractivity contribution in [3.05, 3.63) is 29.3 Å². The van der Waals surface area contributed by atoms with E-state index in [1.54, 1.807) is 4.90 Å². The first-order valence-electron chi connectivity index (χ1n) is 8.26. The summed E-state index contributed by atoms with van der Waals surface area (Å²) in [4.78, 5) is 38.4. The average Bonchev–Trinajstić information content (AvgIpc) is 3.26. The lowest BCUT2D eigenvalue weighted by atomic mass is 9.94. The molecule has 5 nitrogen and oxygen atoms in total. The Hall–Kier alpha value is -2.17. The molecule has 0 bridgehead atoms. The number of nitrogens with one attached hydrogen (secondary N) is 1. The molecule has 0 radical (unpaired) electrons. The fourth-order valence-electron chi connectivity index (χ4n) is 3.81. The van der Waals surface area contributed by atoms with Crippen molar-refractivity contribution < 1.29 is 14.4 Å². The zero-order valence-corrected chi connectivity index (χ0v) is 13.4. The van der Waals surface area contributed by atoms with Gasteiger partial charge in [-0.25, -0.2) is 0 Å². The molecule has 3 amide bonds. The lowest BCUT2D eigenvalue weighted by Gasteiger charge is -2.30. The highest BCUT2D eigenvalue weighted by Gasteiger charge is 2.61. The summed E-state index contributed by atoms with van der Waals surface area (Å²) in [6.45, 7) is 4.23. The summed E-state index contributed by atoms with van der Waals surface area (Å²) >= 11 is 0. The molecular weight excluding hydrogens is 292 g/mol. The van der Waals surface area contributed by atoms with Gasteiger partial charge in [-0.15, -0.1) is 0 Å². The number of nitrogens with zero attached hydrogens (tertiary/aromatic N) is 1. The van der Waals surface area contributed by atoms with Gasteiger partial charge < -0.3 is 0 Å². The van der Waals surface area contributed by atoms with Crippen molar-refractivity contribution in [2.24, 2.45) is 0 Å². The summed E-state index contributed by atoms with van der Waals surface area (Å²) < 4.78 is 0. The molecule has 2 fully saturated rings. The maximum Gasteiger partial charge on any atom is 0.249 e. The summed E-state index contributed by atoms with van der Waals surface area (Å²) in [6.07, 6.45) is 2.39. The maximum atomic E-state index is 13.0. The number of benzene rings is 1. The summed E-state index contributed by atoms with van der Waals surface area (Å²) in [7, 11) is 0. The van der Waals surface area contributed by atoms with E-state index < -0.39 is 11.5 Å². The number of rotatable bonds is 2. The SMILES string of the molecule is CC(C)c1ccc2c(c1)N(C1CCC(=O)NC1=O)C(=O)C21CC1. The van der Waals surface area contributed by atoms with Crippen LogP contribution in [-0.4, -0.2) is 23.8 Å². The van der Waals surface area contributed by atoms with E-state index in [0.717, 1.165) is 29.7 Å². The average molecular weight is 312 g/mol. The molecule has 1 saturated carbocycles. The largest absolute Gasteiger partial charge is 0.299 e. The van der Waals surface area contributed by atoms with Crippen LogP contribution in [0.4, 0.5) is 5.69 Å². The minimum atomic E-state index is -0.568. The molecule has 1 aliphatic carbocycles. The van der Waals surface area contributed by atoms with Gasteiger partial charge in [0.05, 0.1) is 5.41 Å². The number of hydrogen-bond donors (Lipinski definition) is 1. The molecule has 2 aliphatic heterocycles. The highest BCUT2D eigenvalue weighted by molar-refractivity contribution is 6.15. The first-order valence-corrected chi connectivity index (χ1v) is 8.26. The third kappa shape index (κ3) is 1.95. The molecular formula is C18H20N2O3. The predicted octanol–water partition coefficient (Wildman–Crippen LogP) is 1.99. The Bertz CT molecular complexity index is 734. The molecule has 1 aromatic rings. The van der Waals surface area contributed by atoms with Gasteiger partial charge >= 0.3 is 0 Å². The van der Waals surface area contributed by atoms with E-state index in [-0.39, 0.29) is 24.1 Å². The molecule has 1 aromatic carbocycles. The molecule has 1 N–H and O–H groups in total. The van der Waals surface area contributed by atoms with Gasteiger partial charge in [0.25, 0.3) is 0 Å². The molecule has 120 valence electrons. The number of fused-ring (bicyclic) bond motifs is 2. The Morgan fingerprint density at radius 3 is 2.57 bits per heavy atom. The Labute approximate surface area is 135 Å². The quantitative estimate of drug-likeness (QED) is 0.849. The number of anilines is 1. The van der Waals surface area contributed by atoms with Crippen molar-refractivity contribution in [1.82, 2.24) is 5.32 Å². The molecule has 1 saturated heterocycles. The van der Waals surface area contributed by atoms with Gasteiger partial charge in [0.2, 0.25) is 17.7 Å². The normalized spacial score (nSPS) is 25.1. The van der Waals surface area contributed by atoms with Crippen molar-refractivity contribution in [3.8, 4) is 0 Å². The number of hydrogen-bond acceptors (Lipinski definition) is 3. The second-order valence-corrected chi connectivity index (χ2v) is 7.16. The first kappa shape index (κ1) is 14.4. The molecule has 4 rings (SSSR count). The van der Waals surface area contributed by atoms with Crippen LogP contribution in [0.2, 0.25) is 0 Å². The molecule has 2 heterocycles. The smallest absolute Gasteiger partial charge is 0.249 e. The fourth-order valence-corrected chi connectivity index (χ4v) is 3.81. The van der Waals surface area contributed by atoms with Crippen LogP contribution in [0.25, 0.3) is 0 Å². The standard InChI is InChI=1S/C18H20N2O3/c1-10(2)11-3-4-12-14(9-11)20(17(23)18(12)7-8-18)13-5-6-15(21)19-16(13)22/h3-4,9-10,13H,5-8H2,1-2H3,(H,19,21,22). The van der Waals surface area contributed by atoms with Gasteiger partial charge in [0, 0.05) is 12.1 Å². The van der Waals surface area contributed by atoms with E-state index >= 15 is 0 Å². The Kier molecular flexibility index (Phi) is 2.92. The van der Waals surface area contributed by atoms with Gasteiger partial charge in [-0.05, 0) is 42.4 Å². The van der Waals surface area contributed by atoms with Crippen LogP contribution in [-0.2, 0) is 19.8 Å². The second-order valence-electron chi connectivity index (χ2n) is 7.16. The van der Waals surface area contributed by atoms with Crippen molar-refractivity contribution in [3.63, 3.8) is 0 Å². The Morgan fingerprint density at radius 2 is 1.96 bits per heavy atom. The third-order valence-corrected chi connectivity index (χ3v) is 5.36. The lowest BCUT2D eigenvalue weighted by Crippen LogP contribution is -2.54. The fraction of sp³-hybridized carbons (Fsp3) is 0.500. The zero-order valence-electron chi connectivity index (χ0n) is 13.4. The van der Waals surface area contributed by atoms with Crippen LogP contribution in [0, 0.1) is 0 Å². The van der Waals surface area contributed by atoms with Crippen LogP contribution in [0.15, 0.2) is 18.2 Å². The monoisotopic (exact) mass is 312 g/mol. The van der Waals surface area contributed by atoms with Gasteiger partial charge in [-0.3, -0.25) is 24.6 Å². The van der Waals surface area contributed by atoms with E-state index in [9.17, 15) is 14.4 Å². The van der Waals surface area contributed by atoms with E-state index in [1.807, 2.05) is 0 Å². The molecule has 5 heteroatoms. The number of carbonyl (C=O) groups excluding carboxylic acids is 3. The number of carbonyl (C=O) groups is 3. The maximum absolute atomic E-state index is 13.0. The minimum absolute atomic E-state index is 0.0305. The van der Waals surface area contributed by atoms with Crippen molar-refractivity contribution >= 4 is 23.4 Å². The molecule has 0 aromatic heterocycles. The topological polar surface area (TPSA) is 66.5 Å². The van der Waals surface area contributed by atoms with Crippen LogP contribution in [0.1, 0.15) is 56.6 Å². The Morgan fingerprint density at radius 1 is 1.22 bits per heavy atom. The summed E-state index contributed by atoms with van der Waals surface area (Å²) in [5.74, 6) is -0.221. The van der Waals surface area contributed by atoms with E-state index in [1.165, 1.54) is 0 Å². The number of piperidine rings is 1. The van der Waals surface area contributed by atoms with E-state index in [4.69, 9.17) is 0 Å². The van der Waals surface area contributed by atoms with Gasteiger partial charge in [-0.2, -0.15) is 0 Å². The van der Waals surface area contributed by atoms with Crippen LogP contribution in [0.5, 0.6) is 0 Å². The van der Waals surface area contributed by atoms with Crippen LogP contribution < -0.4 is 10.2 Å². The van der Waals surface area contributed by atoms with Gasteiger partial charge in [0.15, 0.2) is 0 Å². The highest BCUT2D eigenvalue weighted by Crippen LogP contribution is 2.58. The van der Waals surface area contributed by atoms with Crippen LogP contribution >= 0.6 is 0 Å². The molecule has 3 aliphatic rings. The van der Waals surface area contributed by atoms with Gasteiger partial charge in [-0.1, -0.05) is 26.0 Å². The first-order chi connectivity index (χ1) is 10.9. The molecule has 1 atom stereocenters. The van der Waals surface area contributed by atoms with Crippen molar-refractivity contribution in [1.29, 1.82) is 0 Å². The lowest BCUT2D eigenvalue weighted by molar-refractivity contribution is -0.135. The molecule has 1 unspecified atom stereocenters.